The predicted molar refractivity (Wildman–Crippen MR) is 642 cm³/mol. The Bertz CT molecular complexity index is 11000. The Morgan fingerprint density at radius 3 is 1.19 bits per heavy atom. The van der Waals surface area contributed by atoms with Gasteiger partial charge in [0.15, 0.2) is 0 Å². The van der Waals surface area contributed by atoms with Gasteiger partial charge in [0.05, 0.1) is 33.1 Å². The molecule has 7 heterocycles. The Morgan fingerprint density at radius 2 is 0.633 bits per heavy atom. The van der Waals surface area contributed by atoms with Gasteiger partial charge in [0.2, 0.25) is 0 Å². The highest BCUT2D eigenvalue weighted by molar-refractivity contribution is 6.40. The molecular weight excluding hydrogens is 1820 g/mol. The Kier molecular flexibility index (Phi) is 19.8. The molecule has 0 radical (unpaired) electrons. The summed E-state index contributed by atoms with van der Waals surface area (Å²) >= 11 is 0. The van der Waals surface area contributed by atoms with Crippen molar-refractivity contribution in [2.75, 3.05) is 0 Å². The lowest BCUT2D eigenvalue weighted by Crippen LogP contribution is -2.10. The first-order valence-electron chi connectivity index (χ1n) is 53.4. The van der Waals surface area contributed by atoms with Gasteiger partial charge in [-0.3, -0.25) is 4.98 Å². The van der Waals surface area contributed by atoms with Crippen molar-refractivity contribution in [2.24, 2.45) is 0 Å². The average Bonchev–Trinajstić information content (AvgIpc) is 1.50. The van der Waals surface area contributed by atoms with Crippen LogP contribution in [0.5, 0.6) is 0 Å². The predicted octanol–water partition coefficient (Wildman–Crippen LogP) is 41.1. The lowest BCUT2D eigenvalue weighted by molar-refractivity contribution is 0.590. The van der Waals surface area contributed by atoms with Crippen LogP contribution in [0.15, 0.2) is 341 Å². The Hall–Kier alpha value is -16.9. The number of hydrogen-bond acceptors (Lipinski definition) is 4. The van der Waals surface area contributed by atoms with Gasteiger partial charge >= 0.3 is 0 Å². The number of aryl methyl sites for hydroxylation is 10. The molecular formula is C143H116N4O3. The van der Waals surface area contributed by atoms with Crippen molar-refractivity contribution in [1.82, 2.24) is 18.7 Å². The normalized spacial score (nSPS) is 12.7. The first kappa shape index (κ1) is 90.6. The summed E-state index contributed by atoms with van der Waals surface area (Å²) in [6.45, 7) is 44.7. The zero-order valence-electron chi connectivity index (χ0n) is 88.8. The molecule has 0 aliphatic heterocycles. The van der Waals surface area contributed by atoms with Gasteiger partial charge in [-0.2, -0.15) is 0 Å². The molecule has 0 spiro atoms. The maximum Gasteiger partial charge on any atom is 0.143 e. The molecule has 150 heavy (non-hydrogen) atoms. The van der Waals surface area contributed by atoms with E-state index in [0.717, 1.165) is 66.7 Å². The highest BCUT2D eigenvalue weighted by atomic mass is 16.3. The smallest absolute Gasteiger partial charge is 0.143 e. The molecule has 0 saturated heterocycles. The summed E-state index contributed by atoms with van der Waals surface area (Å²) in [6, 6.07) is 124. The molecule has 7 aromatic heterocycles. The standard InChI is InChI=1S/C53H41NO.C46H36N2O.C44H39NO/c1-29(2)34-14-9-15-39(24-34)54-46-27-37(48-30(3)10-7-11-31(48)4)16-20-40(46)44-25-35-19-23-43-51-36(18-22-42(50(35)51)52(44)54)26-45-41-21-17-38(28-47(41)55-53(43)45)49-32(5)12-8-13-33(49)6;1-24(2)29-15-17-41-34(20-29)38-21-30-14-16-33-44-36(35(23-39(43(30)44)46(38)49-41)42-25(3)10-9-11-26(42)4)22-37-32-12-7-8-13-40(32)48(45(33)37)31-18-27(5)47-28(6)19-31;1-24-17-25(2)19-30(18-24)45-37-15-11-28(43(3,4)5)22-33(37)35-20-26-10-14-32-40-27(9-13-31(39(26)40)41(35)45)21-36-34-23-29(44(6,7)8)12-16-38(34)46-42(32)36/h7-29H,1-6H3;7-24H,1-6H3;9-23H,1-8H3. The van der Waals surface area contributed by atoms with E-state index in [1.165, 1.54) is 290 Å². The van der Waals surface area contributed by atoms with Crippen molar-refractivity contribution in [3.8, 4) is 50.4 Å². The van der Waals surface area contributed by atoms with Crippen molar-refractivity contribution >= 4 is 228 Å². The second kappa shape index (κ2) is 32.8. The van der Waals surface area contributed by atoms with E-state index in [1.54, 1.807) is 0 Å². The maximum atomic E-state index is 6.88. The van der Waals surface area contributed by atoms with Gasteiger partial charge in [-0.1, -0.05) is 245 Å². The van der Waals surface area contributed by atoms with Gasteiger partial charge in [-0.15, -0.1) is 0 Å². The highest BCUT2D eigenvalue weighted by Gasteiger charge is 2.31. The van der Waals surface area contributed by atoms with Crippen LogP contribution >= 0.6 is 0 Å². The van der Waals surface area contributed by atoms with Crippen LogP contribution in [-0.2, 0) is 10.8 Å². The molecule has 0 aliphatic carbocycles. The van der Waals surface area contributed by atoms with E-state index in [9.17, 15) is 0 Å². The number of nitrogens with zero attached hydrogens (tertiary/aromatic N) is 4. The first-order chi connectivity index (χ1) is 72.4. The first-order valence-corrected chi connectivity index (χ1v) is 53.4. The van der Waals surface area contributed by atoms with Crippen LogP contribution in [0.1, 0.15) is 159 Å². The van der Waals surface area contributed by atoms with Gasteiger partial charge in [0, 0.05) is 147 Å². The number of fused-ring (bicyclic) bond motifs is 24. The molecule has 0 bridgehead atoms. The number of pyridine rings is 1. The summed E-state index contributed by atoms with van der Waals surface area (Å²) in [4.78, 5) is 4.73. The van der Waals surface area contributed by atoms with E-state index in [-0.39, 0.29) is 10.8 Å². The number of hydrogen-bond donors (Lipinski definition) is 0. The Balaban J connectivity index is 0.000000109. The fourth-order valence-electron chi connectivity index (χ4n) is 26.5. The quantitative estimate of drug-likeness (QED) is 0.142. The summed E-state index contributed by atoms with van der Waals surface area (Å²) < 4.78 is 27.9. The molecule has 0 aliphatic rings. The minimum absolute atomic E-state index is 0.0598. The van der Waals surface area contributed by atoms with Crippen LogP contribution in [0, 0.1) is 69.2 Å². The van der Waals surface area contributed by atoms with Gasteiger partial charge in [-0.05, 0) is 387 Å². The number of rotatable bonds is 8. The van der Waals surface area contributed by atoms with E-state index in [2.05, 4.69) is 480 Å². The third-order valence-electron chi connectivity index (χ3n) is 33.5. The molecule has 726 valence electrons. The number of para-hydroxylation sites is 1. The third kappa shape index (κ3) is 13.6. The van der Waals surface area contributed by atoms with Gasteiger partial charge in [0.1, 0.15) is 33.5 Å². The molecule has 30 aromatic rings. The lowest BCUT2D eigenvalue weighted by Gasteiger charge is -2.19. The SMILES string of the molecule is Cc1cc(-n2c3ccccc3c3cc4c(-c5c(C)cccc5C)cc5c6oc7ccc(C(C)C)cc7c6cc6ccc(c4c65)c32)cc(C)n1.Cc1cc(C)cc(-n2c3ccc(C(C)(C)C)cc3c3cc4ccc5c6oc7ccc(C(C)(C)C)cc7c6cc6ccc(c4c65)c32)c1.Cc1cccc(C)c1-c1ccc2c(c1)oc1c2cc2ccc3c4c(ccc1c24)cc1c2ccc(-c4c(C)cccc4C)cc2n(-c2cccc(C(C)C)c2)c13. The molecule has 0 fully saturated rings. The van der Waals surface area contributed by atoms with Crippen LogP contribution in [0.3, 0.4) is 0 Å². The van der Waals surface area contributed by atoms with Crippen LogP contribution < -0.4 is 0 Å². The van der Waals surface area contributed by atoms with E-state index in [4.69, 9.17) is 18.2 Å². The molecule has 0 N–H and O–H groups in total. The van der Waals surface area contributed by atoms with Gasteiger partial charge < -0.3 is 27.0 Å². The highest BCUT2D eigenvalue weighted by Crippen LogP contribution is 2.55. The van der Waals surface area contributed by atoms with E-state index in [1.807, 2.05) is 0 Å². The number of furan rings is 3. The van der Waals surface area contributed by atoms with Crippen molar-refractivity contribution in [2.45, 2.75) is 161 Å². The fraction of sp³-hybridized carbons (Fsp3) is 0.168. The minimum Gasteiger partial charge on any atom is -0.455 e. The van der Waals surface area contributed by atoms with Crippen LogP contribution in [-0.4, -0.2) is 18.7 Å². The molecule has 7 nitrogen and oxygen atoms in total. The molecule has 0 saturated carbocycles. The summed E-state index contributed by atoms with van der Waals surface area (Å²) in [5.41, 5.74) is 42.0. The summed E-state index contributed by atoms with van der Waals surface area (Å²) in [7, 11) is 0. The van der Waals surface area contributed by atoms with Crippen molar-refractivity contribution in [3.05, 3.63) is 406 Å². The van der Waals surface area contributed by atoms with E-state index >= 15 is 0 Å². The maximum absolute atomic E-state index is 6.88. The molecule has 0 amide bonds. The molecule has 23 aromatic carbocycles. The summed E-state index contributed by atoms with van der Waals surface area (Å²) in [6.07, 6.45) is 0. The molecule has 0 atom stereocenters. The number of benzene rings is 23. The van der Waals surface area contributed by atoms with Gasteiger partial charge in [0.25, 0.3) is 0 Å². The lowest BCUT2D eigenvalue weighted by atomic mass is 9.84. The second-order valence-corrected chi connectivity index (χ2v) is 46.2. The third-order valence-corrected chi connectivity index (χ3v) is 33.5. The van der Waals surface area contributed by atoms with Gasteiger partial charge in [-0.25, -0.2) is 0 Å². The van der Waals surface area contributed by atoms with Crippen LogP contribution in [0.2, 0.25) is 0 Å². The minimum atomic E-state index is 0.0598. The monoisotopic (exact) mass is 1940 g/mol. The summed E-state index contributed by atoms with van der Waals surface area (Å²) in [5, 5.41) is 37.3. The van der Waals surface area contributed by atoms with Crippen molar-refractivity contribution in [3.63, 3.8) is 0 Å². The number of aromatic nitrogens is 4. The summed E-state index contributed by atoms with van der Waals surface area (Å²) in [5.74, 6) is 0.865. The van der Waals surface area contributed by atoms with E-state index < -0.39 is 0 Å². The zero-order valence-corrected chi connectivity index (χ0v) is 88.8. The molecule has 0 unspecified atom stereocenters. The largest absolute Gasteiger partial charge is 0.455 e. The van der Waals surface area contributed by atoms with E-state index in [0.29, 0.717) is 11.8 Å². The van der Waals surface area contributed by atoms with Crippen molar-refractivity contribution < 1.29 is 13.3 Å². The van der Waals surface area contributed by atoms with Crippen LogP contribution in [0.4, 0.5) is 0 Å². The topological polar surface area (TPSA) is 67.1 Å². The average molecular weight is 1940 g/mol. The van der Waals surface area contributed by atoms with Crippen LogP contribution in [0.25, 0.3) is 279 Å². The van der Waals surface area contributed by atoms with Crippen molar-refractivity contribution in [1.29, 1.82) is 0 Å². The molecule has 30 rings (SSSR count). The Morgan fingerprint density at radius 1 is 0.233 bits per heavy atom. The zero-order chi connectivity index (χ0) is 102. The second-order valence-electron chi connectivity index (χ2n) is 46.2. The fourth-order valence-corrected chi connectivity index (χ4v) is 26.5. The Labute approximate surface area is 871 Å². The molecule has 7 heteroatoms.